The van der Waals surface area contributed by atoms with Crippen molar-refractivity contribution in [2.75, 3.05) is 11.9 Å². The third kappa shape index (κ3) is 3.40. The Balaban J connectivity index is 1.36. The number of amides is 1. The molecule has 5 rings (SSSR count). The van der Waals surface area contributed by atoms with Gasteiger partial charge in [-0.25, -0.2) is 4.79 Å². The van der Waals surface area contributed by atoms with E-state index in [0.29, 0.717) is 6.54 Å². The van der Waals surface area contributed by atoms with E-state index in [1.54, 1.807) is 0 Å². The molecule has 2 heterocycles. The molecule has 28 heavy (non-hydrogen) atoms. The van der Waals surface area contributed by atoms with Crippen LogP contribution in [0.5, 0.6) is 0 Å². The summed E-state index contributed by atoms with van der Waals surface area (Å²) in [6.07, 6.45) is 2.76. The maximum absolute atomic E-state index is 11.9. The van der Waals surface area contributed by atoms with Crippen molar-refractivity contribution in [1.29, 1.82) is 0 Å². The topological polar surface area (TPSA) is 93.4 Å². The van der Waals surface area contributed by atoms with E-state index in [1.807, 2.05) is 37.4 Å². The van der Waals surface area contributed by atoms with Crippen molar-refractivity contribution in [1.82, 2.24) is 25.1 Å². The zero-order valence-electron chi connectivity index (χ0n) is 17.6. The number of hydrogen-bond acceptors (Lipinski definition) is 6. The zero-order chi connectivity index (χ0) is 20.4. The monoisotopic (exact) mass is 386 g/mol. The van der Waals surface area contributed by atoms with Crippen molar-refractivity contribution in [2.24, 2.45) is 5.41 Å². The quantitative estimate of drug-likeness (QED) is 0.838. The molecule has 2 N–H and O–H groups in total. The molecule has 3 saturated carbocycles. The fourth-order valence-electron chi connectivity index (χ4n) is 4.49. The van der Waals surface area contributed by atoms with Gasteiger partial charge >= 0.3 is 6.09 Å². The molecule has 152 valence electrons. The van der Waals surface area contributed by atoms with E-state index in [9.17, 15) is 4.79 Å². The number of anilines is 1. The van der Waals surface area contributed by atoms with Crippen molar-refractivity contribution in [3.05, 3.63) is 18.0 Å². The van der Waals surface area contributed by atoms with Crippen LogP contribution in [0.1, 0.15) is 66.6 Å². The number of hydrogen-bond donors (Lipinski definition) is 2. The number of carbonyl (C=O) groups excluding carboxylic acids is 1. The highest BCUT2D eigenvalue weighted by molar-refractivity contribution is 5.68. The van der Waals surface area contributed by atoms with Gasteiger partial charge in [0.15, 0.2) is 11.5 Å². The first-order chi connectivity index (χ1) is 12.9. The standard InChI is InChI=1S/C20H30N6O2/c1-17(2,3)15-24-23-14-8-7-13(25-26(14)15)22-20-9-19(10-20,11-20)12-21-16(27)28-18(4,5)6/h7-8H,9-12H2,1-6H3,(H,21,27)(H,22,25). The molecule has 3 aliphatic rings. The summed E-state index contributed by atoms with van der Waals surface area (Å²) < 4.78 is 7.15. The van der Waals surface area contributed by atoms with Gasteiger partial charge in [0.2, 0.25) is 0 Å². The molecule has 3 aliphatic carbocycles. The molecular formula is C20H30N6O2. The number of fused-ring (bicyclic) bond motifs is 1. The summed E-state index contributed by atoms with van der Waals surface area (Å²) in [5.41, 5.74) is 0.447. The number of nitrogens with one attached hydrogen (secondary N) is 2. The highest BCUT2D eigenvalue weighted by atomic mass is 16.6. The fourth-order valence-corrected chi connectivity index (χ4v) is 4.49. The summed E-state index contributed by atoms with van der Waals surface area (Å²) in [5, 5.41) is 19.8. The highest BCUT2D eigenvalue weighted by Gasteiger charge is 2.67. The van der Waals surface area contributed by atoms with Crippen LogP contribution in [0.4, 0.5) is 10.6 Å². The summed E-state index contributed by atoms with van der Waals surface area (Å²) in [6.45, 7) is 12.6. The van der Waals surface area contributed by atoms with E-state index >= 15 is 0 Å². The van der Waals surface area contributed by atoms with Gasteiger partial charge in [0.25, 0.3) is 0 Å². The van der Waals surface area contributed by atoms with Crippen LogP contribution in [-0.2, 0) is 10.2 Å². The van der Waals surface area contributed by atoms with Gasteiger partial charge in [-0.2, -0.15) is 4.52 Å². The predicted octanol–water partition coefficient (Wildman–Crippen LogP) is 3.28. The van der Waals surface area contributed by atoms with Crippen LogP contribution in [0.25, 0.3) is 5.65 Å². The van der Waals surface area contributed by atoms with Crippen molar-refractivity contribution < 1.29 is 9.53 Å². The molecule has 3 fully saturated rings. The van der Waals surface area contributed by atoms with Gasteiger partial charge in [0.05, 0.1) is 0 Å². The van der Waals surface area contributed by atoms with Gasteiger partial charge in [-0.1, -0.05) is 20.8 Å². The summed E-state index contributed by atoms with van der Waals surface area (Å²) >= 11 is 0. The Bertz CT molecular complexity index is 901. The van der Waals surface area contributed by atoms with Gasteiger partial charge in [-0.3, -0.25) is 0 Å². The van der Waals surface area contributed by atoms with Crippen LogP contribution in [0.15, 0.2) is 12.1 Å². The summed E-state index contributed by atoms with van der Waals surface area (Å²) in [6, 6.07) is 3.91. The van der Waals surface area contributed by atoms with Crippen molar-refractivity contribution >= 4 is 17.6 Å². The van der Waals surface area contributed by atoms with E-state index in [-0.39, 0.29) is 22.5 Å². The molecule has 0 aromatic carbocycles. The molecule has 1 amide bonds. The van der Waals surface area contributed by atoms with Crippen LogP contribution in [0, 0.1) is 5.41 Å². The Hall–Kier alpha value is -2.38. The van der Waals surface area contributed by atoms with Gasteiger partial charge < -0.3 is 15.4 Å². The maximum Gasteiger partial charge on any atom is 0.407 e. The molecule has 0 unspecified atom stereocenters. The van der Waals surface area contributed by atoms with E-state index in [2.05, 4.69) is 41.6 Å². The molecule has 0 radical (unpaired) electrons. The normalized spacial score (nSPS) is 26.4. The third-order valence-electron chi connectivity index (χ3n) is 5.47. The lowest BCUT2D eigenvalue weighted by Crippen LogP contribution is -2.73. The SMILES string of the molecule is CC(C)(C)OC(=O)NCC12CC(Nc3ccc4nnc(C(C)(C)C)n4n3)(C1)C2. The van der Waals surface area contributed by atoms with Gasteiger partial charge in [0.1, 0.15) is 11.4 Å². The van der Waals surface area contributed by atoms with Crippen LogP contribution >= 0.6 is 0 Å². The maximum atomic E-state index is 11.9. The molecule has 2 bridgehead atoms. The largest absolute Gasteiger partial charge is 0.444 e. The summed E-state index contributed by atoms with van der Waals surface area (Å²) in [7, 11) is 0. The molecular weight excluding hydrogens is 356 g/mol. The average molecular weight is 387 g/mol. The number of rotatable bonds is 4. The van der Waals surface area contributed by atoms with Crippen molar-refractivity contribution in [3.8, 4) is 0 Å². The molecule has 8 heteroatoms. The lowest BCUT2D eigenvalue weighted by atomic mass is 9.39. The van der Waals surface area contributed by atoms with E-state index in [1.165, 1.54) is 0 Å². The smallest absolute Gasteiger partial charge is 0.407 e. The number of aromatic nitrogens is 4. The number of carbonyl (C=O) groups is 1. The number of alkyl carbamates (subject to hydrolysis) is 1. The summed E-state index contributed by atoms with van der Waals surface area (Å²) in [4.78, 5) is 11.9. The first kappa shape index (κ1) is 19.0. The molecule has 2 aromatic heterocycles. The second-order valence-electron chi connectivity index (χ2n) is 10.6. The van der Waals surface area contributed by atoms with Gasteiger partial charge in [-0.15, -0.1) is 15.3 Å². The Morgan fingerprint density at radius 1 is 1.14 bits per heavy atom. The predicted molar refractivity (Wildman–Crippen MR) is 106 cm³/mol. The average Bonchev–Trinajstić information content (AvgIpc) is 2.89. The molecule has 0 saturated heterocycles. The van der Waals surface area contributed by atoms with Crippen LogP contribution in [0.3, 0.4) is 0 Å². The van der Waals surface area contributed by atoms with Crippen LogP contribution in [0.2, 0.25) is 0 Å². The zero-order valence-corrected chi connectivity index (χ0v) is 17.6. The first-order valence-electron chi connectivity index (χ1n) is 9.87. The lowest BCUT2D eigenvalue weighted by molar-refractivity contribution is -0.113. The van der Waals surface area contributed by atoms with Crippen LogP contribution in [-0.4, -0.2) is 43.6 Å². The second kappa shape index (κ2) is 5.81. The van der Waals surface area contributed by atoms with E-state index < -0.39 is 5.60 Å². The minimum atomic E-state index is -0.468. The van der Waals surface area contributed by atoms with Gasteiger partial charge in [-0.05, 0) is 57.6 Å². The molecule has 8 nitrogen and oxygen atoms in total. The first-order valence-corrected chi connectivity index (χ1v) is 9.87. The van der Waals surface area contributed by atoms with E-state index in [0.717, 1.165) is 36.6 Å². The number of ether oxygens (including phenoxy) is 1. The number of nitrogens with zero attached hydrogens (tertiary/aromatic N) is 4. The Labute approximate surface area is 165 Å². The summed E-state index contributed by atoms with van der Waals surface area (Å²) in [5.74, 6) is 1.69. The molecule has 0 aliphatic heterocycles. The lowest BCUT2D eigenvalue weighted by Gasteiger charge is -2.70. The Kier molecular flexibility index (Phi) is 3.93. The molecule has 0 atom stereocenters. The molecule has 0 spiro atoms. The highest BCUT2D eigenvalue weighted by Crippen LogP contribution is 2.67. The van der Waals surface area contributed by atoms with Crippen LogP contribution < -0.4 is 10.6 Å². The minimum absolute atomic E-state index is 0.0895. The third-order valence-corrected chi connectivity index (χ3v) is 5.47. The Morgan fingerprint density at radius 2 is 1.82 bits per heavy atom. The van der Waals surface area contributed by atoms with Crippen molar-refractivity contribution in [2.45, 2.75) is 77.4 Å². The second-order valence-corrected chi connectivity index (χ2v) is 10.6. The molecule has 2 aromatic rings. The van der Waals surface area contributed by atoms with Gasteiger partial charge in [0, 0.05) is 17.5 Å². The fraction of sp³-hybridized carbons (Fsp3) is 0.700. The van der Waals surface area contributed by atoms with E-state index in [4.69, 9.17) is 9.84 Å². The minimum Gasteiger partial charge on any atom is -0.444 e. The van der Waals surface area contributed by atoms with Crippen molar-refractivity contribution in [3.63, 3.8) is 0 Å². The Morgan fingerprint density at radius 3 is 2.43 bits per heavy atom.